The van der Waals surface area contributed by atoms with E-state index in [0.29, 0.717) is 4.88 Å². The summed E-state index contributed by atoms with van der Waals surface area (Å²) in [5.41, 5.74) is 1.22. The van der Waals surface area contributed by atoms with Crippen LogP contribution in [-0.2, 0) is 22.4 Å². The summed E-state index contributed by atoms with van der Waals surface area (Å²) in [6.45, 7) is 1.48. The number of rotatable bonds is 4. The first-order valence-corrected chi connectivity index (χ1v) is 10.3. The molecule has 0 aromatic carbocycles. The van der Waals surface area contributed by atoms with Crippen LogP contribution < -0.4 is 10.6 Å². The van der Waals surface area contributed by atoms with E-state index in [-0.39, 0.29) is 6.04 Å². The van der Waals surface area contributed by atoms with Crippen molar-refractivity contribution in [1.82, 2.24) is 10.6 Å². The van der Waals surface area contributed by atoms with E-state index in [1.54, 1.807) is 0 Å². The molecule has 2 aliphatic rings. The lowest BCUT2D eigenvalue weighted by Crippen LogP contribution is -2.48. The minimum atomic E-state index is -1.02. The third-order valence-electron chi connectivity index (χ3n) is 5.03. The number of carbonyl (C=O) groups is 3. The van der Waals surface area contributed by atoms with Gasteiger partial charge in [0.05, 0.1) is 0 Å². The zero-order chi connectivity index (χ0) is 18.5. The van der Waals surface area contributed by atoms with Gasteiger partial charge in [-0.2, -0.15) is 0 Å². The van der Waals surface area contributed by atoms with Gasteiger partial charge in [0.2, 0.25) is 0 Å². The SMILES string of the molecule is C[C@H](OC(=O)c1cc2c(s1)CCCC2)C(=O)NC(=O)NC1CCCCC1. The third kappa shape index (κ3) is 4.84. The fourth-order valence-electron chi connectivity index (χ4n) is 3.55. The van der Waals surface area contributed by atoms with Crippen LogP contribution in [0.2, 0.25) is 0 Å². The number of amides is 3. The first-order valence-electron chi connectivity index (χ1n) is 9.47. The minimum absolute atomic E-state index is 0.117. The molecule has 6 nitrogen and oxygen atoms in total. The molecule has 1 fully saturated rings. The van der Waals surface area contributed by atoms with E-state index in [0.717, 1.165) is 51.4 Å². The number of aryl methyl sites for hydroxylation is 2. The fraction of sp³-hybridized carbons (Fsp3) is 0.632. The summed E-state index contributed by atoms with van der Waals surface area (Å²) < 4.78 is 5.25. The molecular formula is C19H26N2O4S. The average molecular weight is 378 g/mol. The highest BCUT2D eigenvalue weighted by molar-refractivity contribution is 7.14. The maximum Gasteiger partial charge on any atom is 0.349 e. The van der Waals surface area contributed by atoms with E-state index in [1.165, 1.54) is 35.1 Å². The van der Waals surface area contributed by atoms with Gasteiger partial charge in [-0.05, 0) is 57.1 Å². The van der Waals surface area contributed by atoms with Gasteiger partial charge >= 0.3 is 12.0 Å². The number of urea groups is 1. The second kappa shape index (κ2) is 8.66. The Labute approximate surface area is 157 Å². The molecular weight excluding hydrogens is 352 g/mol. The summed E-state index contributed by atoms with van der Waals surface area (Å²) in [4.78, 5) is 38.1. The van der Waals surface area contributed by atoms with Crippen LogP contribution >= 0.6 is 11.3 Å². The van der Waals surface area contributed by atoms with Crippen molar-refractivity contribution in [2.75, 3.05) is 0 Å². The van der Waals surface area contributed by atoms with Gasteiger partial charge in [0.25, 0.3) is 5.91 Å². The summed E-state index contributed by atoms with van der Waals surface area (Å²) >= 11 is 1.45. The van der Waals surface area contributed by atoms with Gasteiger partial charge in [-0.25, -0.2) is 9.59 Å². The molecule has 2 aliphatic carbocycles. The van der Waals surface area contributed by atoms with E-state index in [9.17, 15) is 14.4 Å². The minimum Gasteiger partial charge on any atom is -0.448 e. The van der Waals surface area contributed by atoms with Gasteiger partial charge in [-0.3, -0.25) is 10.1 Å². The van der Waals surface area contributed by atoms with Gasteiger partial charge in [-0.15, -0.1) is 11.3 Å². The van der Waals surface area contributed by atoms with Crippen molar-refractivity contribution in [3.8, 4) is 0 Å². The van der Waals surface area contributed by atoms with Crippen LogP contribution in [0.5, 0.6) is 0 Å². The summed E-state index contributed by atoms with van der Waals surface area (Å²) in [6.07, 6.45) is 8.54. The number of hydrogen-bond donors (Lipinski definition) is 2. The summed E-state index contributed by atoms with van der Waals surface area (Å²) in [5, 5.41) is 5.08. The summed E-state index contributed by atoms with van der Waals surface area (Å²) in [6, 6.07) is 1.48. The predicted molar refractivity (Wildman–Crippen MR) is 99.4 cm³/mol. The van der Waals surface area contributed by atoms with Crippen LogP contribution in [0.1, 0.15) is 72.0 Å². The van der Waals surface area contributed by atoms with Crippen LogP contribution in [0.4, 0.5) is 4.79 Å². The number of thiophene rings is 1. The monoisotopic (exact) mass is 378 g/mol. The molecule has 0 bridgehead atoms. The molecule has 0 aliphatic heterocycles. The molecule has 0 spiro atoms. The van der Waals surface area contributed by atoms with Crippen molar-refractivity contribution in [3.05, 3.63) is 21.4 Å². The molecule has 1 atom stereocenters. The molecule has 1 saturated carbocycles. The van der Waals surface area contributed by atoms with Crippen molar-refractivity contribution < 1.29 is 19.1 Å². The molecule has 3 rings (SSSR count). The average Bonchev–Trinajstić information content (AvgIpc) is 3.06. The standard InChI is InChI=1S/C19H26N2O4S/c1-12(17(22)21-19(24)20-14-8-3-2-4-9-14)25-18(23)16-11-13-7-5-6-10-15(13)26-16/h11-12,14H,2-10H2,1H3,(H2,20,21,22,24)/t12-/m0/s1. The molecule has 3 amide bonds. The van der Waals surface area contributed by atoms with Crippen LogP contribution in [0.15, 0.2) is 6.07 Å². The predicted octanol–water partition coefficient (Wildman–Crippen LogP) is 3.33. The molecule has 0 saturated heterocycles. The smallest absolute Gasteiger partial charge is 0.349 e. The van der Waals surface area contributed by atoms with E-state index in [1.807, 2.05) is 6.07 Å². The molecule has 1 aromatic rings. The Balaban J connectivity index is 1.47. The van der Waals surface area contributed by atoms with Gasteiger partial charge in [0.15, 0.2) is 6.10 Å². The molecule has 2 N–H and O–H groups in total. The fourth-order valence-corrected chi connectivity index (χ4v) is 4.68. The highest BCUT2D eigenvalue weighted by Gasteiger charge is 2.24. The molecule has 0 radical (unpaired) electrons. The van der Waals surface area contributed by atoms with E-state index in [2.05, 4.69) is 10.6 Å². The first-order chi connectivity index (χ1) is 12.5. The molecule has 7 heteroatoms. The van der Waals surface area contributed by atoms with E-state index in [4.69, 9.17) is 4.74 Å². The van der Waals surface area contributed by atoms with Gasteiger partial charge < -0.3 is 10.1 Å². The second-order valence-electron chi connectivity index (χ2n) is 7.11. The normalized spacial score (nSPS) is 18.5. The third-order valence-corrected chi connectivity index (χ3v) is 6.25. The first kappa shape index (κ1) is 18.9. The highest BCUT2D eigenvalue weighted by atomic mass is 32.1. The Morgan fingerprint density at radius 1 is 1.12 bits per heavy atom. The summed E-state index contributed by atoms with van der Waals surface area (Å²) in [7, 11) is 0. The molecule has 26 heavy (non-hydrogen) atoms. The van der Waals surface area contributed by atoms with Crippen LogP contribution in [0.3, 0.4) is 0 Å². The van der Waals surface area contributed by atoms with Gasteiger partial charge in [0.1, 0.15) is 4.88 Å². The number of esters is 1. The second-order valence-corrected chi connectivity index (χ2v) is 8.25. The number of hydrogen-bond acceptors (Lipinski definition) is 5. The van der Waals surface area contributed by atoms with Crippen LogP contribution in [-0.4, -0.2) is 30.1 Å². The lowest BCUT2D eigenvalue weighted by Gasteiger charge is -2.23. The molecule has 1 heterocycles. The molecule has 0 unspecified atom stereocenters. The van der Waals surface area contributed by atoms with Crippen LogP contribution in [0.25, 0.3) is 0 Å². The van der Waals surface area contributed by atoms with E-state index < -0.39 is 24.0 Å². The number of carbonyl (C=O) groups excluding carboxylic acids is 3. The van der Waals surface area contributed by atoms with Gasteiger partial charge in [0, 0.05) is 10.9 Å². The highest BCUT2D eigenvalue weighted by Crippen LogP contribution is 2.30. The van der Waals surface area contributed by atoms with Crippen molar-refractivity contribution in [3.63, 3.8) is 0 Å². The van der Waals surface area contributed by atoms with Gasteiger partial charge in [-0.1, -0.05) is 19.3 Å². The van der Waals surface area contributed by atoms with E-state index >= 15 is 0 Å². The number of imide groups is 1. The molecule has 142 valence electrons. The number of fused-ring (bicyclic) bond motifs is 1. The number of nitrogens with one attached hydrogen (secondary N) is 2. The van der Waals surface area contributed by atoms with Crippen molar-refractivity contribution >= 4 is 29.2 Å². The maximum atomic E-state index is 12.3. The largest absolute Gasteiger partial charge is 0.448 e. The van der Waals surface area contributed by atoms with Crippen LogP contribution in [0, 0.1) is 0 Å². The number of ether oxygens (including phenoxy) is 1. The summed E-state index contributed by atoms with van der Waals surface area (Å²) in [5.74, 6) is -1.10. The Hall–Kier alpha value is -1.89. The lowest BCUT2D eigenvalue weighted by atomic mass is 9.96. The molecule has 1 aromatic heterocycles. The van der Waals surface area contributed by atoms with Crippen molar-refractivity contribution in [1.29, 1.82) is 0 Å². The zero-order valence-electron chi connectivity index (χ0n) is 15.1. The van der Waals surface area contributed by atoms with Crippen molar-refractivity contribution in [2.45, 2.75) is 76.9 Å². The lowest BCUT2D eigenvalue weighted by molar-refractivity contribution is -0.127. The topological polar surface area (TPSA) is 84.5 Å². The zero-order valence-corrected chi connectivity index (χ0v) is 16.0. The Bertz CT molecular complexity index is 656. The quantitative estimate of drug-likeness (QED) is 0.787. The van der Waals surface area contributed by atoms with Crippen molar-refractivity contribution in [2.24, 2.45) is 0 Å². The Morgan fingerprint density at radius 2 is 1.85 bits per heavy atom. The Morgan fingerprint density at radius 3 is 2.58 bits per heavy atom. The Kier molecular flexibility index (Phi) is 6.29. The maximum absolute atomic E-state index is 12.3.